The summed E-state index contributed by atoms with van der Waals surface area (Å²) < 4.78 is 0. The maximum atomic E-state index is 11.4. The van der Waals surface area contributed by atoms with Gasteiger partial charge >= 0.3 is 0 Å². The zero-order chi connectivity index (χ0) is 9.47. The summed E-state index contributed by atoms with van der Waals surface area (Å²) in [6, 6.07) is 0. The van der Waals surface area contributed by atoms with Crippen LogP contribution in [0, 0.1) is 17.3 Å². The van der Waals surface area contributed by atoms with Gasteiger partial charge in [-0.05, 0) is 30.1 Å². The molecule has 1 fully saturated rings. The van der Waals surface area contributed by atoms with Crippen molar-refractivity contribution in [3.05, 3.63) is 12.2 Å². The Morgan fingerprint density at radius 3 is 2.92 bits per heavy atom. The Morgan fingerprint density at radius 2 is 2.15 bits per heavy atom. The number of carbonyl (C=O) groups excluding carboxylic acids is 1. The van der Waals surface area contributed by atoms with Crippen LogP contribution in [0.25, 0.3) is 0 Å². The topological polar surface area (TPSA) is 17.1 Å². The fourth-order valence-corrected chi connectivity index (χ4v) is 2.89. The number of rotatable bonds is 0. The zero-order valence-electron chi connectivity index (χ0n) is 8.55. The molecular formula is C12H18O. The predicted molar refractivity (Wildman–Crippen MR) is 53.4 cm³/mol. The minimum absolute atomic E-state index is 0.405. The van der Waals surface area contributed by atoms with Crippen molar-refractivity contribution < 1.29 is 4.79 Å². The van der Waals surface area contributed by atoms with Crippen LogP contribution in [0.4, 0.5) is 0 Å². The van der Waals surface area contributed by atoms with Crippen molar-refractivity contribution in [2.45, 2.75) is 39.5 Å². The van der Waals surface area contributed by atoms with E-state index >= 15 is 0 Å². The molecule has 0 spiro atoms. The largest absolute Gasteiger partial charge is 0.300 e. The molecule has 1 heteroatoms. The Labute approximate surface area is 80.2 Å². The smallest absolute Gasteiger partial charge is 0.133 e. The van der Waals surface area contributed by atoms with Gasteiger partial charge in [0, 0.05) is 12.8 Å². The Morgan fingerprint density at radius 1 is 1.38 bits per heavy atom. The molecule has 0 radical (unpaired) electrons. The SMILES string of the molecule is C[C@H]1CC(=O)C[C@H]2CC=CC[C@@]21C. The molecular weight excluding hydrogens is 160 g/mol. The molecule has 0 unspecified atom stereocenters. The van der Waals surface area contributed by atoms with E-state index in [4.69, 9.17) is 0 Å². The van der Waals surface area contributed by atoms with Crippen molar-refractivity contribution in [2.75, 3.05) is 0 Å². The van der Waals surface area contributed by atoms with Crippen LogP contribution in [-0.2, 0) is 4.79 Å². The molecule has 0 aromatic carbocycles. The van der Waals surface area contributed by atoms with E-state index in [2.05, 4.69) is 26.0 Å². The van der Waals surface area contributed by atoms with Crippen molar-refractivity contribution >= 4 is 5.78 Å². The summed E-state index contributed by atoms with van der Waals surface area (Å²) in [7, 11) is 0. The maximum Gasteiger partial charge on any atom is 0.133 e. The third kappa shape index (κ3) is 1.34. The molecule has 0 saturated heterocycles. The number of Topliss-reactive ketones (excluding diaryl/α,β-unsaturated/α-hetero) is 1. The molecule has 0 amide bonds. The molecule has 2 aliphatic carbocycles. The number of carbonyl (C=O) groups is 1. The van der Waals surface area contributed by atoms with Crippen molar-refractivity contribution in [3.8, 4) is 0 Å². The van der Waals surface area contributed by atoms with E-state index < -0.39 is 0 Å². The monoisotopic (exact) mass is 178 g/mol. The first-order chi connectivity index (χ1) is 6.13. The molecule has 3 atom stereocenters. The summed E-state index contributed by atoms with van der Waals surface area (Å²) >= 11 is 0. The lowest BCUT2D eigenvalue weighted by atomic mass is 9.57. The molecule has 13 heavy (non-hydrogen) atoms. The van der Waals surface area contributed by atoms with Gasteiger partial charge in [-0.15, -0.1) is 0 Å². The van der Waals surface area contributed by atoms with Gasteiger partial charge in [0.2, 0.25) is 0 Å². The highest BCUT2D eigenvalue weighted by Crippen LogP contribution is 2.50. The average molecular weight is 178 g/mol. The summed E-state index contributed by atoms with van der Waals surface area (Å²) in [5.41, 5.74) is 0.405. The Kier molecular flexibility index (Phi) is 2.05. The van der Waals surface area contributed by atoms with Crippen LogP contribution >= 0.6 is 0 Å². The van der Waals surface area contributed by atoms with Gasteiger partial charge in [-0.1, -0.05) is 26.0 Å². The Bertz CT molecular complexity index is 254. The predicted octanol–water partition coefficient (Wildman–Crippen LogP) is 2.96. The van der Waals surface area contributed by atoms with Gasteiger partial charge in [-0.2, -0.15) is 0 Å². The van der Waals surface area contributed by atoms with Crippen LogP contribution in [0.1, 0.15) is 39.5 Å². The number of hydrogen-bond donors (Lipinski definition) is 0. The molecule has 0 aromatic heterocycles. The van der Waals surface area contributed by atoms with Crippen molar-refractivity contribution in [3.63, 3.8) is 0 Å². The van der Waals surface area contributed by atoms with E-state index in [9.17, 15) is 4.79 Å². The summed E-state index contributed by atoms with van der Waals surface area (Å²) in [4.78, 5) is 11.4. The highest BCUT2D eigenvalue weighted by Gasteiger charge is 2.44. The van der Waals surface area contributed by atoms with Crippen molar-refractivity contribution in [1.29, 1.82) is 0 Å². The Hall–Kier alpha value is -0.590. The van der Waals surface area contributed by atoms with E-state index in [-0.39, 0.29) is 0 Å². The molecule has 1 nitrogen and oxygen atoms in total. The van der Waals surface area contributed by atoms with E-state index in [0.717, 1.165) is 19.3 Å². The fraction of sp³-hybridized carbons (Fsp3) is 0.750. The number of hydrogen-bond acceptors (Lipinski definition) is 1. The first-order valence-corrected chi connectivity index (χ1v) is 5.29. The van der Waals surface area contributed by atoms with E-state index in [1.165, 1.54) is 6.42 Å². The lowest BCUT2D eigenvalue weighted by molar-refractivity contribution is -0.127. The van der Waals surface area contributed by atoms with Crippen molar-refractivity contribution in [2.24, 2.45) is 17.3 Å². The second kappa shape index (κ2) is 2.97. The van der Waals surface area contributed by atoms with Crippen LogP contribution in [0.3, 0.4) is 0 Å². The first kappa shape index (κ1) is 8.98. The van der Waals surface area contributed by atoms with Crippen LogP contribution in [0.2, 0.25) is 0 Å². The molecule has 0 bridgehead atoms. The maximum absolute atomic E-state index is 11.4. The minimum atomic E-state index is 0.405. The average Bonchev–Trinajstić information content (AvgIpc) is 2.07. The summed E-state index contributed by atoms with van der Waals surface area (Å²) in [5.74, 6) is 1.67. The van der Waals surface area contributed by atoms with Crippen LogP contribution in [0.15, 0.2) is 12.2 Å². The number of allylic oxidation sites excluding steroid dienone is 2. The second-order valence-corrected chi connectivity index (χ2v) is 4.96. The summed E-state index contributed by atoms with van der Waals surface area (Å²) in [5, 5.41) is 0. The lowest BCUT2D eigenvalue weighted by Crippen LogP contribution is -2.41. The first-order valence-electron chi connectivity index (χ1n) is 5.29. The highest BCUT2D eigenvalue weighted by molar-refractivity contribution is 5.80. The van der Waals surface area contributed by atoms with Gasteiger partial charge in [0.1, 0.15) is 5.78 Å². The van der Waals surface area contributed by atoms with E-state index in [1.807, 2.05) is 0 Å². The lowest BCUT2D eigenvalue weighted by Gasteiger charge is -2.47. The molecule has 2 rings (SSSR count). The van der Waals surface area contributed by atoms with Gasteiger partial charge in [0.05, 0.1) is 0 Å². The summed E-state index contributed by atoms with van der Waals surface area (Å²) in [6.45, 7) is 4.60. The standard InChI is InChI=1S/C12H18O/c1-9-7-11(13)8-10-5-3-4-6-12(9,10)2/h3-4,9-10H,5-8H2,1-2H3/t9-,10+,12+/m0/s1. The zero-order valence-corrected chi connectivity index (χ0v) is 8.55. The third-order valence-electron chi connectivity index (χ3n) is 4.21. The molecule has 0 aromatic rings. The summed E-state index contributed by atoms with van der Waals surface area (Å²) in [6.07, 6.45) is 8.46. The Balaban J connectivity index is 2.26. The van der Waals surface area contributed by atoms with Gasteiger partial charge in [0.25, 0.3) is 0 Å². The van der Waals surface area contributed by atoms with E-state index in [0.29, 0.717) is 23.0 Å². The number of ketones is 1. The normalized spacial score (nSPS) is 44.6. The van der Waals surface area contributed by atoms with Crippen LogP contribution in [0.5, 0.6) is 0 Å². The molecule has 0 N–H and O–H groups in total. The van der Waals surface area contributed by atoms with Crippen molar-refractivity contribution in [1.82, 2.24) is 0 Å². The molecule has 0 aliphatic heterocycles. The molecule has 2 aliphatic rings. The molecule has 1 saturated carbocycles. The molecule has 72 valence electrons. The van der Waals surface area contributed by atoms with Gasteiger partial charge in [-0.25, -0.2) is 0 Å². The van der Waals surface area contributed by atoms with Gasteiger partial charge in [-0.3, -0.25) is 4.79 Å². The third-order valence-corrected chi connectivity index (χ3v) is 4.21. The van der Waals surface area contributed by atoms with Gasteiger partial charge < -0.3 is 0 Å². The minimum Gasteiger partial charge on any atom is -0.300 e. The molecule has 0 heterocycles. The van der Waals surface area contributed by atoms with Crippen LogP contribution in [-0.4, -0.2) is 5.78 Å². The van der Waals surface area contributed by atoms with Gasteiger partial charge in [0.15, 0.2) is 0 Å². The fourth-order valence-electron chi connectivity index (χ4n) is 2.89. The highest BCUT2D eigenvalue weighted by atomic mass is 16.1. The second-order valence-electron chi connectivity index (χ2n) is 4.96. The van der Waals surface area contributed by atoms with Crippen LogP contribution < -0.4 is 0 Å². The quantitative estimate of drug-likeness (QED) is 0.521. The van der Waals surface area contributed by atoms with E-state index in [1.54, 1.807) is 0 Å². The number of fused-ring (bicyclic) bond motifs is 1.